The fraction of sp³-hybridized carbons (Fsp3) is 0.688. The van der Waals surface area contributed by atoms with E-state index in [1.807, 2.05) is 20.8 Å². The van der Waals surface area contributed by atoms with E-state index in [-0.39, 0.29) is 11.7 Å². The molecule has 1 heterocycles. The number of hydrogen-bond donors (Lipinski definition) is 1. The lowest BCUT2D eigenvalue weighted by Gasteiger charge is -2.30. The van der Waals surface area contributed by atoms with Crippen LogP contribution in [-0.4, -0.2) is 64.4 Å². The Morgan fingerprint density at radius 1 is 0.951 bits per heavy atom. The van der Waals surface area contributed by atoms with Gasteiger partial charge in [0.25, 0.3) is 0 Å². The molecule has 9 heteroatoms. The Hall–Kier alpha value is -2.78. The number of carbonyl (C=O) groups is 4. The lowest BCUT2D eigenvalue weighted by Crippen LogP contribution is -2.43. The van der Waals surface area contributed by atoms with Gasteiger partial charge in [0.05, 0.1) is 12.0 Å². The number of aliphatic hydroxyl groups is 1. The Bertz CT molecular complexity index is 1240. The van der Waals surface area contributed by atoms with Crippen LogP contribution >= 0.6 is 0 Å². The average molecular weight is 573 g/mol. The van der Waals surface area contributed by atoms with Gasteiger partial charge in [-0.3, -0.25) is 9.59 Å². The SMILES string of the molecule is C/C=C(\C)C(=O)O[C@@H]1[C@@H]2[C@H]([C@H](OC(=O)/C(C)=C/C)[C@H](OC(C)=O)/C(C)=C/[C@@]34O[C@@]3(C[C@H](C)[C@@H]4O)C(=O)[C@@H]1C)C2(C)C. The smallest absolute Gasteiger partial charge is 0.333 e. The third-order valence-corrected chi connectivity index (χ3v) is 10.0. The largest absolute Gasteiger partial charge is 0.458 e. The maximum atomic E-state index is 14.3. The first-order valence-corrected chi connectivity index (χ1v) is 14.5. The van der Waals surface area contributed by atoms with E-state index in [1.54, 1.807) is 59.8 Å². The molecule has 3 aliphatic carbocycles. The van der Waals surface area contributed by atoms with Crippen LogP contribution in [0.2, 0.25) is 0 Å². The second-order valence-corrected chi connectivity index (χ2v) is 13.0. The summed E-state index contributed by atoms with van der Waals surface area (Å²) < 4.78 is 24.3. The van der Waals surface area contributed by atoms with Gasteiger partial charge < -0.3 is 24.1 Å². The van der Waals surface area contributed by atoms with Gasteiger partial charge in [0.2, 0.25) is 0 Å². The first-order valence-electron chi connectivity index (χ1n) is 14.5. The standard InChI is InChI=1S/C32H44O9/c1-11-15(3)28(36)39-24-19(7)27(35)32-14-18(6)26(34)31(32,41-32)13-17(5)23(38-20(8)33)25(22-21(24)30(22,9)10)40-29(37)16(4)12-2/h11-13,18-19,21-26,34H,14H2,1-10H3/b15-11+,16-12+,17-13+/t18-,19+,21-,22+,23+,24-,25-,26-,31-,32-/m0/s1. The van der Waals surface area contributed by atoms with E-state index >= 15 is 0 Å². The van der Waals surface area contributed by atoms with Crippen LogP contribution in [0, 0.1) is 29.1 Å². The van der Waals surface area contributed by atoms with Gasteiger partial charge in [0, 0.05) is 29.9 Å². The van der Waals surface area contributed by atoms with E-state index in [0.29, 0.717) is 23.1 Å². The van der Waals surface area contributed by atoms with E-state index in [9.17, 15) is 24.3 Å². The van der Waals surface area contributed by atoms with E-state index in [4.69, 9.17) is 18.9 Å². The number of hydrogen-bond acceptors (Lipinski definition) is 9. The minimum atomic E-state index is -1.33. The van der Waals surface area contributed by atoms with E-state index in [1.165, 1.54) is 6.92 Å². The monoisotopic (exact) mass is 572 g/mol. The molecule has 0 unspecified atom stereocenters. The van der Waals surface area contributed by atoms with Gasteiger partial charge in [0.1, 0.15) is 12.2 Å². The number of allylic oxidation sites excluding steroid dienone is 2. The molecule has 9 nitrogen and oxygen atoms in total. The van der Waals surface area contributed by atoms with Gasteiger partial charge in [-0.25, -0.2) is 9.59 Å². The predicted octanol–water partition coefficient (Wildman–Crippen LogP) is 4.02. The number of carbonyl (C=O) groups excluding carboxylic acids is 4. The van der Waals surface area contributed by atoms with Crippen molar-refractivity contribution < 1.29 is 43.2 Å². The van der Waals surface area contributed by atoms with Gasteiger partial charge >= 0.3 is 17.9 Å². The molecule has 1 aliphatic heterocycles. The Labute approximate surface area is 242 Å². The van der Waals surface area contributed by atoms with Crippen LogP contribution in [0.3, 0.4) is 0 Å². The van der Waals surface area contributed by atoms with E-state index < -0.39 is 76.7 Å². The van der Waals surface area contributed by atoms with Crippen LogP contribution < -0.4 is 0 Å². The Kier molecular flexibility index (Phi) is 7.97. The highest BCUT2D eigenvalue weighted by Crippen LogP contribution is 2.68. The maximum absolute atomic E-state index is 14.3. The summed E-state index contributed by atoms with van der Waals surface area (Å²) >= 11 is 0. The molecule has 2 saturated carbocycles. The van der Waals surface area contributed by atoms with Crippen LogP contribution in [-0.2, 0) is 38.1 Å². The summed E-state index contributed by atoms with van der Waals surface area (Å²) in [6, 6.07) is 0. The number of ketones is 1. The van der Waals surface area contributed by atoms with Gasteiger partial charge in [0.15, 0.2) is 23.1 Å². The summed E-state index contributed by atoms with van der Waals surface area (Å²) in [5.74, 6) is -3.79. The Balaban J connectivity index is 1.93. The molecule has 1 saturated heterocycles. The Morgan fingerprint density at radius 2 is 1.46 bits per heavy atom. The molecular weight excluding hydrogens is 528 g/mol. The van der Waals surface area contributed by atoms with Crippen LogP contribution in [0.5, 0.6) is 0 Å². The fourth-order valence-corrected chi connectivity index (χ4v) is 7.31. The highest BCUT2D eigenvalue weighted by molar-refractivity contribution is 5.96. The van der Waals surface area contributed by atoms with Gasteiger partial charge in [-0.1, -0.05) is 39.8 Å². The fourth-order valence-electron chi connectivity index (χ4n) is 7.31. The second kappa shape index (κ2) is 10.5. The first kappa shape index (κ1) is 31.2. The number of aliphatic hydroxyl groups excluding tert-OH is 1. The highest BCUT2D eigenvalue weighted by Gasteiger charge is 2.82. The van der Waals surface area contributed by atoms with Crippen molar-refractivity contribution in [2.45, 2.75) is 111 Å². The van der Waals surface area contributed by atoms with Crippen molar-refractivity contribution in [2.75, 3.05) is 0 Å². The molecule has 4 aliphatic rings. The normalized spacial score (nSPS) is 42.8. The maximum Gasteiger partial charge on any atom is 0.333 e. The Morgan fingerprint density at radius 3 is 1.98 bits per heavy atom. The molecule has 3 fully saturated rings. The van der Waals surface area contributed by atoms with Crippen molar-refractivity contribution >= 4 is 23.7 Å². The van der Waals surface area contributed by atoms with Crippen molar-refractivity contribution in [1.82, 2.24) is 0 Å². The van der Waals surface area contributed by atoms with Crippen LogP contribution in [0.25, 0.3) is 0 Å². The quantitative estimate of drug-likeness (QED) is 0.171. The average Bonchev–Trinajstić information content (AvgIpc) is 3.71. The first-order chi connectivity index (χ1) is 19.0. The summed E-state index contributed by atoms with van der Waals surface area (Å²) in [5, 5.41) is 11.3. The topological polar surface area (TPSA) is 129 Å². The second-order valence-electron chi connectivity index (χ2n) is 13.0. The summed E-state index contributed by atoms with van der Waals surface area (Å²) in [4.78, 5) is 53.0. The van der Waals surface area contributed by atoms with Gasteiger partial charge in [-0.05, 0) is 64.0 Å². The number of epoxide rings is 1. The van der Waals surface area contributed by atoms with Crippen molar-refractivity contribution in [2.24, 2.45) is 29.1 Å². The summed E-state index contributed by atoms with van der Waals surface area (Å²) in [7, 11) is 0. The van der Waals surface area contributed by atoms with Gasteiger partial charge in [-0.15, -0.1) is 0 Å². The molecule has 0 amide bonds. The van der Waals surface area contributed by atoms with Crippen LogP contribution in [0.1, 0.15) is 75.7 Å². The number of esters is 3. The molecule has 0 spiro atoms. The van der Waals surface area contributed by atoms with Crippen molar-refractivity contribution in [3.05, 3.63) is 34.9 Å². The molecule has 0 aromatic carbocycles. The molecule has 41 heavy (non-hydrogen) atoms. The van der Waals surface area contributed by atoms with Crippen molar-refractivity contribution in [1.29, 1.82) is 0 Å². The zero-order chi connectivity index (χ0) is 30.8. The highest BCUT2D eigenvalue weighted by atomic mass is 16.7. The molecular formula is C32H44O9. The third kappa shape index (κ3) is 4.79. The number of ether oxygens (including phenoxy) is 4. The van der Waals surface area contributed by atoms with Crippen molar-refractivity contribution in [3.8, 4) is 0 Å². The molecule has 4 rings (SSSR count). The minimum absolute atomic E-state index is 0.244. The zero-order valence-electron chi connectivity index (χ0n) is 25.8. The number of Topliss-reactive ketones (excluding diaryl/α,β-unsaturated/α-hetero) is 1. The zero-order valence-corrected chi connectivity index (χ0v) is 25.8. The third-order valence-electron chi connectivity index (χ3n) is 10.0. The molecule has 0 aromatic rings. The van der Waals surface area contributed by atoms with Gasteiger partial charge in [-0.2, -0.15) is 0 Å². The molecule has 1 N–H and O–H groups in total. The summed E-state index contributed by atoms with van der Waals surface area (Å²) in [5.41, 5.74) is -1.90. The van der Waals surface area contributed by atoms with Crippen LogP contribution in [0.4, 0.5) is 0 Å². The van der Waals surface area contributed by atoms with Crippen LogP contribution in [0.15, 0.2) is 34.9 Å². The summed E-state index contributed by atoms with van der Waals surface area (Å²) in [6.07, 6.45) is 1.42. The molecule has 226 valence electrons. The number of fused-ring (bicyclic) bond motifs is 1. The predicted molar refractivity (Wildman–Crippen MR) is 149 cm³/mol. The lowest BCUT2D eigenvalue weighted by atomic mass is 9.80. The van der Waals surface area contributed by atoms with E-state index in [2.05, 4.69) is 0 Å². The molecule has 0 aromatic heterocycles. The molecule has 10 atom stereocenters. The lowest BCUT2D eigenvalue weighted by molar-refractivity contribution is -0.164. The number of rotatable bonds is 5. The van der Waals surface area contributed by atoms with Crippen molar-refractivity contribution in [3.63, 3.8) is 0 Å². The van der Waals surface area contributed by atoms with E-state index in [0.717, 1.165) is 0 Å². The summed E-state index contributed by atoms with van der Waals surface area (Å²) in [6.45, 7) is 17.3. The minimum Gasteiger partial charge on any atom is -0.458 e. The molecule has 0 radical (unpaired) electrons. The molecule has 0 bridgehead atoms.